The first-order valence-corrected chi connectivity index (χ1v) is 6.12. The number of nitrogens with zero attached hydrogens (tertiary/aromatic N) is 2. The fourth-order valence-electron chi connectivity index (χ4n) is 1.54. The first-order valence-electron chi connectivity index (χ1n) is 5.68. The number of thiol groups is 1. The van der Waals surface area contributed by atoms with Crippen LogP contribution in [0.5, 0.6) is 0 Å². The summed E-state index contributed by atoms with van der Waals surface area (Å²) in [7, 11) is 2.18. The van der Waals surface area contributed by atoms with Gasteiger partial charge in [0.2, 0.25) is 0 Å². The Hall–Kier alpha value is -0.250. The van der Waals surface area contributed by atoms with Crippen molar-refractivity contribution in [3.63, 3.8) is 0 Å². The second-order valence-corrected chi connectivity index (χ2v) is 4.62. The summed E-state index contributed by atoms with van der Waals surface area (Å²) in [6, 6.07) is 0. The van der Waals surface area contributed by atoms with E-state index in [-0.39, 0.29) is 0 Å². The predicted molar refractivity (Wildman–Crippen MR) is 70.4 cm³/mol. The van der Waals surface area contributed by atoms with E-state index in [1.54, 1.807) is 0 Å². The standard InChI is InChI=1S/C12H22N2S/c1-3-12(15)6-4-5-7-14-10-8-13(2)9-11-14/h4-6,15H,3,7-11H2,1-2H3/b5-4+,12-6-. The van der Waals surface area contributed by atoms with Crippen LogP contribution in [0.25, 0.3) is 0 Å². The molecule has 1 fully saturated rings. The van der Waals surface area contributed by atoms with E-state index in [1.807, 2.05) is 0 Å². The van der Waals surface area contributed by atoms with Gasteiger partial charge >= 0.3 is 0 Å². The van der Waals surface area contributed by atoms with Gasteiger partial charge in [0.25, 0.3) is 0 Å². The van der Waals surface area contributed by atoms with Crippen molar-refractivity contribution < 1.29 is 0 Å². The first-order chi connectivity index (χ1) is 7.22. The Morgan fingerprint density at radius 2 is 1.93 bits per heavy atom. The molecule has 0 unspecified atom stereocenters. The molecule has 1 aliphatic heterocycles. The van der Waals surface area contributed by atoms with Gasteiger partial charge in [-0.3, -0.25) is 4.90 Å². The summed E-state index contributed by atoms with van der Waals surface area (Å²) >= 11 is 4.33. The lowest BCUT2D eigenvalue weighted by Crippen LogP contribution is -2.44. The van der Waals surface area contributed by atoms with Crippen LogP contribution in [0.4, 0.5) is 0 Å². The minimum atomic E-state index is 1.02. The van der Waals surface area contributed by atoms with Gasteiger partial charge in [-0.2, -0.15) is 0 Å². The van der Waals surface area contributed by atoms with E-state index in [9.17, 15) is 0 Å². The molecule has 0 atom stereocenters. The van der Waals surface area contributed by atoms with Crippen LogP contribution in [0.2, 0.25) is 0 Å². The molecule has 2 nitrogen and oxygen atoms in total. The largest absolute Gasteiger partial charge is 0.304 e. The lowest BCUT2D eigenvalue weighted by atomic mass is 10.3. The highest BCUT2D eigenvalue weighted by atomic mass is 32.1. The molecule has 86 valence electrons. The number of allylic oxidation sites excluding steroid dienone is 3. The number of hydrogen-bond donors (Lipinski definition) is 1. The van der Waals surface area contributed by atoms with E-state index in [2.05, 4.69) is 54.6 Å². The Labute approximate surface area is 99.0 Å². The van der Waals surface area contributed by atoms with Gasteiger partial charge in [-0.1, -0.05) is 25.2 Å². The normalized spacial score (nSPS) is 21.4. The molecule has 0 radical (unpaired) electrons. The molecule has 0 amide bonds. The molecule has 0 aliphatic carbocycles. The fourth-order valence-corrected chi connectivity index (χ4v) is 1.62. The Kier molecular flexibility index (Phi) is 6.06. The second kappa shape index (κ2) is 7.09. The molecule has 0 aromatic rings. The van der Waals surface area contributed by atoms with Gasteiger partial charge in [0.05, 0.1) is 0 Å². The molecule has 0 aromatic carbocycles. The number of piperazine rings is 1. The van der Waals surface area contributed by atoms with Gasteiger partial charge in [0, 0.05) is 32.7 Å². The van der Waals surface area contributed by atoms with Gasteiger partial charge in [0.1, 0.15) is 0 Å². The molecule has 1 saturated heterocycles. The third-order valence-electron chi connectivity index (χ3n) is 2.75. The summed E-state index contributed by atoms with van der Waals surface area (Å²) in [5, 5.41) is 0. The van der Waals surface area contributed by atoms with Crippen LogP contribution in [-0.2, 0) is 0 Å². The quantitative estimate of drug-likeness (QED) is 0.579. The molecular weight excluding hydrogens is 204 g/mol. The third-order valence-corrected chi connectivity index (χ3v) is 3.21. The molecule has 1 heterocycles. The molecule has 0 N–H and O–H groups in total. The smallest absolute Gasteiger partial charge is 0.0167 e. The van der Waals surface area contributed by atoms with Crippen LogP contribution in [0.3, 0.4) is 0 Å². The monoisotopic (exact) mass is 226 g/mol. The van der Waals surface area contributed by atoms with Gasteiger partial charge in [-0.05, 0) is 18.4 Å². The van der Waals surface area contributed by atoms with Crippen molar-refractivity contribution in [3.8, 4) is 0 Å². The van der Waals surface area contributed by atoms with E-state index < -0.39 is 0 Å². The van der Waals surface area contributed by atoms with E-state index in [0.717, 1.165) is 17.9 Å². The van der Waals surface area contributed by atoms with Crippen LogP contribution in [0, 0.1) is 0 Å². The number of likely N-dealkylation sites (N-methyl/N-ethyl adjacent to an activating group) is 1. The highest BCUT2D eigenvalue weighted by Crippen LogP contribution is 2.04. The average Bonchev–Trinajstić information content (AvgIpc) is 2.26. The van der Waals surface area contributed by atoms with Crippen molar-refractivity contribution in [2.75, 3.05) is 39.8 Å². The van der Waals surface area contributed by atoms with Crippen molar-refractivity contribution in [3.05, 3.63) is 23.1 Å². The van der Waals surface area contributed by atoms with Gasteiger partial charge in [-0.15, -0.1) is 12.6 Å². The van der Waals surface area contributed by atoms with Gasteiger partial charge in [-0.25, -0.2) is 0 Å². The van der Waals surface area contributed by atoms with Crippen LogP contribution in [0.1, 0.15) is 13.3 Å². The van der Waals surface area contributed by atoms with Crippen molar-refractivity contribution in [2.45, 2.75) is 13.3 Å². The molecule has 0 aromatic heterocycles. The predicted octanol–water partition coefficient (Wildman–Crippen LogP) is 2.01. The Balaban J connectivity index is 2.20. The van der Waals surface area contributed by atoms with Crippen molar-refractivity contribution in [2.24, 2.45) is 0 Å². The topological polar surface area (TPSA) is 6.48 Å². The van der Waals surface area contributed by atoms with Crippen LogP contribution in [0.15, 0.2) is 23.1 Å². The van der Waals surface area contributed by atoms with E-state index in [0.29, 0.717) is 0 Å². The maximum absolute atomic E-state index is 4.33. The average molecular weight is 226 g/mol. The summed E-state index contributed by atoms with van der Waals surface area (Å²) < 4.78 is 0. The zero-order valence-electron chi connectivity index (χ0n) is 9.82. The van der Waals surface area contributed by atoms with Gasteiger partial charge in [0.15, 0.2) is 0 Å². The summed E-state index contributed by atoms with van der Waals surface area (Å²) in [5.41, 5.74) is 0. The third kappa shape index (κ3) is 5.40. The van der Waals surface area contributed by atoms with Crippen molar-refractivity contribution >= 4 is 12.6 Å². The Bertz CT molecular complexity index is 228. The van der Waals surface area contributed by atoms with E-state index in [1.165, 1.54) is 26.2 Å². The van der Waals surface area contributed by atoms with Crippen LogP contribution >= 0.6 is 12.6 Å². The van der Waals surface area contributed by atoms with Crippen LogP contribution < -0.4 is 0 Å². The molecule has 1 rings (SSSR count). The summed E-state index contributed by atoms with van der Waals surface area (Å²) in [6.07, 6.45) is 7.43. The molecule has 1 aliphatic rings. The highest BCUT2D eigenvalue weighted by molar-refractivity contribution is 7.84. The molecule has 0 bridgehead atoms. The second-order valence-electron chi connectivity index (χ2n) is 4.04. The fraction of sp³-hybridized carbons (Fsp3) is 0.667. The first kappa shape index (κ1) is 12.8. The van der Waals surface area contributed by atoms with E-state index in [4.69, 9.17) is 0 Å². The zero-order chi connectivity index (χ0) is 11.1. The summed E-state index contributed by atoms with van der Waals surface area (Å²) in [4.78, 5) is 6.00. The zero-order valence-corrected chi connectivity index (χ0v) is 10.7. The number of hydrogen-bond acceptors (Lipinski definition) is 3. The van der Waals surface area contributed by atoms with Crippen molar-refractivity contribution in [1.29, 1.82) is 0 Å². The Morgan fingerprint density at radius 1 is 1.27 bits per heavy atom. The number of rotatable bonds is 4. The van der Waals surface area contributed by atoms with Gasteiger partial charge < -0.3 is 4.90 Å². The van der Waals surface area contributed by atoms with Crippen LogP contribution in [-0.4, -0.2) is 49.6 Å². The minimum absolute atomic E-state index is 1.02. The molecule has 0 spiro atoms. The summed E-state index contributed by atoms with van der Waals surface area (Å²) in [6.45, 7) is 7.94. The summed E-state index contributed by atoms with van der Waals surface area (Å²) in [5.74, 6) is 0. The van der Waals surface area contributed by atoms with E-state index >= 15 is 0 Å². The maximum Gasteiger partial charge on any atom is 0.0167 e. The van der Waals surface area contributed by atoms with Crippen molar-refractivity contribution in [1.82, 2.24) is 9.80 Å². The lowest BCUT2D eigenvalue weighted by Gasteiger charge is -2.31. The lowest BCUT2D eigenvalue weighted by molar-refractivity contribution is 0.166. The molecular formula is C12H22N2S. The minimum Gasteiger partial charge on any atom is -0.304 e. The Morgan fingerprint density at radius 3 is 2.53 bits per heavy atom. The maximum atomic E-state index is 4.33. The molecule has 0 saturated carbocycles. The highest BCUT2D eigenvalue weighted by Gasteiger charge is 2.11. The molecule has 3 heteroatoms. The molecule has 15 heavy (non-hydrogen) atoms. The SMILES string of the molecule is CC/C(S)=C/C=C/CN1CCN(C)CC1.